The predicted molar refractivity (Wildman–Crippen MR) is 63.9 cm³/mol. The van der Waals surface area contributed by atoms with Crippen LogP contribution in [-0.4, -0.2) is 24.2 Å². The maximum atomic E-state index is 9.29. The predicted octanol–water partition coefficient (Wildman–Crippen LogP) is 1.99. The summed E-state index contributed by atoms with van der Waals surface area (Å²) in [5.74, 6) is 0.812. The Labute approximate surface area is 100 Å². The molecule has 0 bridgehead atoms. The van der Waals surface area contributed by atoms with Gasteiger partial charge in [-0.25, -0.2) is 4.99 Å². The fraction of sp³-hybridized carbons (Fsp3) is 0.222. The zero-order valence-electron chi connectivity index (χ0n) is 7.72. The van der Waals surface area contributed by atoms with E-state index in [1.54, 1.807) is 6.07 Å². The number of halogens is 2. The van der Waals surface area contributed by atoms with E-state index >= 15 is 0 Å². The number of hydrogen-bond acceptors (Lipinski definition) is 2. The maximum Gasteiger partial charge on any atom is 0.196 e. The van der Waals surface area contributed by atoms with E-state index in [-0.39, 0.29) is 5.75 Å². The Morgan fingerprint density at radius 3 is 2.60 bits per heavy atom. The Balaban J connectivity index is 2.39. The summed E-state index contributed by atoms with van der Waals surface area (Å²) in [7, 11) is 0. The lowest BCUT2D eigenvalue weighted by atomic mass is 10.3. The highest BCUT2D eigenvalue weighted by Crippen LogP contribution is 2.36. The molecule has 0 aliphatic carbocycles. The van der Waals surface area contributed by atoms with Crippen molar-refractivity contribution >= 4 is 39.2 Å². The van der Waals surface area contributed by atoms with Crippen molar-refractivity contribution in [2.24, 2.45) is 4.99 Å². The van der Waals surface area contributed by atoms with Gasteiger partial charge in [-0.2, -0.15) is 0 Å². The summed E-state index contributed by atoms with van der Waals surface area (Å²) in [5, 5.41) is 15.8. The summed E-state index contributed by atoms with van der Waals surface area (Å²) in [5.41, 5.74) is 0.603. The molecule has 1 saturated heterocycles. The normalized spacial score (nSPS) is 14.7. The number of hydrogen-bond donors (Lipinski definition) is 3. The first-order valence-corrected chi connectivity index (χ1v) is 5.58. The first-order chi connectivity index (χ1) is 7.16. The van der Waals surface area contributed by atoms with Crippen molar-refractivity contribution in [3.63, 3.8) is 0 Å². The van der Waals surface area contributed by atoms with Crippen LogP contribution in [0.5, 0.6) is 5.75 Å². The van der Waals surface area contributed by atoms with Crippen LogP contribution in [0.15, 0.2) is 21.6 Å². The van der Waals surface area contributed by atoms with E-state index < -0.39 is 0 Å². The Morgan fingerprint density at radius 2 is 2.00 bits per heavy atom. The van der Waals surface area contributed by atoms with Crippen LogP contribution in [0, 0.1) is 0 Å². The van der Waals surface area contributed by atoms with Crippen molar-refractivity contribution in [2.75, 3.05) is 13.1 Å². The van der Waals surface area contributed by atoms with Crippen molar-refractivity contribution < 1.29 is 5.11 Å². The van der Waals surface area contributed by atoms with Crippen LogP contribution in [0.1, 0.15) is 0 Å². The van der Waals surface area contributed by atoms with Gasteiger partial charge in [0.05, 0.1) is 5.02 Å². The lowest BCUT2D eigenvalue weighted by Crippen LogP contribution is -2.23. The van der Waals surface area contributed by atoms with Gasteiger partial charge >= 0.3 is 0 Å². The second-order valence-electron chi connectivity index (χ2n) is 3.07. The molecule has 2 rings (SSSR count). The van der Waals surface area contributed by atoms with Gasteiger partial charge in [0, 0.05) is 23.6 Å². The summed E-state index contributed by atoms with van der Waals surface area (Å²) in [6.07, 6.45) is 0. The average Bonchev–Trinajstić information content (AvgIpc) is 2.63. The zero-order chi connectivity index (χ0) is 10.8. The molecule has 3 N–H and O–H groups in total. The van der Waals surface area contributed by atoms with E-state index in [0.29, 0.717) is 21.1 Å². The standard InChI is InChI=1S/C9H9BrClN3O/c10-6-3-5(15)4-7(11)8(6)14-9-12-1-2-13-9/h3-4,15H,1-2H2,(H2,12,13,14). The van der Waals surface area contributed by atoms with Crippen LogP contribution in [-0.2, 0) is 0 Å². The number of nitrogens with one attached hydrogen (secondary N) is 2. The minimum Gasteiger partial charge on any atom is -0.508 e. The van der Waals surface area contributed by atoms with Crippen LogP contribution in [0.25, 0.3) is 0 Å². The molecule has 1 aliphatic rings. The number of phenols is 1. The molecule has 1 aromatic carbocycles. The van der Waals surface area contributed by atoms with Gasteiger partial charge in [-0.05, 0) is 22.0 Å². The minimum atomic E-state index is 0.114. The van der Waals surface area contributed by atoms with E-state index in [2.05, 4.69) is 31.6 Å². The number of aromatic hydroxyl groups is 1. The third-order valence-corrected chi connectivity index (χ3v) is 2.83. The van der Waals surface area contributed by atoms with Crippen LogP contribution < -0.4 is 10.6 Å². The van der Waals surface area contributed by atoms with Crippen molar-refractivity contribution in [1.82, 2.24) is 10.6 Å². The lowest BCUT2D eigenvalue weighted by Gasteiger charge is -2.04. The third-order valence-electron chi connectivity index (χ3n) is 1.94. The molecule has 80 valence electrons. The molecule has 0 amide bonds. The number of rotatable bonds is 1. The van der Waals surface area contributed by atoms with E-state index in [0.717, 1.165) is 13.1 Å². The van der Waals surface area contributed by atoms with Crippen LogP contribution in [0.2, 0.25) is 5.02 Å². The van der Waals surface area contributed by atoms with E-state index in [1.807, 2.05) is 0 Å². The van der Waals surface area contributed by atoms with Crippen molar-refractivity contribution in [3.05, 3.63) is 21.6 Å². The molecule has 0 saturated carbocycles. The smallest absolute Gasteiger partial charge is 0.196 e. The highest BCUT2D eigenvalue weighted by Gasteiger charge is 2.10. The molecule has 1 fully saturated rings. The first kappa shape index (κ1) is 10.6. The Hall–Kier alpha value is -0.940. The molecule has 6 heteroatoms. The van der Waals surface area contributed by atoms with Crippen molar-refractivity contribution in [1.29, 1.82) is 0 Å². The van der Waals surface area contributed by atoms with E-state index in [9.17, 15) is 5.11 Å². The molecule has 4 nitrogen and oxygen atoms in total. The number of aliphatic imine (C=N–C) groups is 1. The molecular weight excluding hydrogens is 281 g/mol. The fourth-order valence-corrected chi connectivity index (χ4v) is 2.18. The minimum absolute atomic E-state index is 0.114. The Bertz CT molecular complexity index is 391. The number of benzene rings is 1. The molecule has 0 unspecified atom stereocenters. The zero-order valence-corrected chi connectivity index (χ0v) is 10.1. The highest BCUT2D eigenvalue weighted by atomic mass is 79.9. The fourth-order valence-electron chi connectivity index (χ4n) is 1.27. The summed E-state index contributed by atoms with van der Waals surface area (Å²) >= 11 is 9.26. The van der Waals surface area contributed by atoms with Gasteiger partial charge in [-0.1, -0.05) is 11.6 Å². The van der Waals surface area contributed by atoms with Crippen LogP contribution in [0.4, 0.5) is 5.69 Å². The largest absolute Gasteiger partial charge is 0.508 e. The summed E-state index contributed by atoms with van der Waals surface area (Å²) < 4.78 is 0.663. The molecule has 1 aliphatic heterocycles. The number of nitrogens with zero attached hydrogens (tertiary/aromatic N) is 1. The second kappa shape index (κ2) is 4.28. The average molecular weight is 291 g/mol. The van der Waals surface area contributed by atoms with Gasteiger partial charge in [-0.3, -0.25) is 0 Å². The molecule has 0 aromatic heterocycles. The van der Waals surface area contributed by atoms with Gasteiger partial charge in [0.2, 0.25) is 0 Å². The molecule has 15 heavy (non-hydrogen) atoms. The Morgan fingerprint density at radius 1 is 1.33 bits per heavy atom. The molecular formula is C9H9BrClN3O. The third kappa shape index (κ3) is 2.35. The topological polar surface area (TPSA) is 56.7 Å². The molecule has 0 atom stereocenters. The lowest BCUT2D eigenvalue weighted by molar-refractivity contribution is 0.475. The van der Waals surface area contributed by atoms with Crippen LogP contribution in [0.3, 0.4) is 0 Å². The molecule has 0 radical (unpaired) electrons. The highest BCUT2D eigenvalue weighted by molar-refractivity contribution is 9.10. The van der Waals surface area contributed by atoms with Gasteiger partial charge in [0.25, 0.3) is 0 Å². The van der Waals surface area contributed by atoms with E-state index in [4.69, 9.17) is 11.6 Å². The van der Waals surface area contributed by atoms with Gasteiger partial charge < -0.3 is 15.7 Å². The van der Waals surface area contributed by atoms with Gasteiger partial charge in [-0.15, -0.1) is 0 Å². The van der Waals surface area contributed by atoms with Gasteiger partial charge in [0.15, 0.2) is 5.96 Å². The second-order valence-corrected chi connectivity index (χ2v) is 4.33. The number of phenolic OH excluding ortho intramolecular Hbond substituents is 1. The van der Waals surface area contributed by atoms with E-state index in [1.165, 1.54) is 6.07 Å². The first-order valence-electron chi connectivity index (χ1n) is 4.41. The SMILES string of the molecule is Oc1cc(Cl)c(N=C2NCCN2)c(Br)c1. The summed E-state index contributed by atoms with van der Waals surface area (Å²) in [4.78, 5) is 4.30. The van der Waals surface area contributed by atoms with Crippen LogP contribution >= 0.6 is 27.5 Å². The molecule has 1 aromatic rings. The Kier molecular flexibility index (Phi) is 3.02. The monoisotopic (exact) mass is 289 g/mol. The quantitative estimate of drug-likeness (QED) is 0.741. The molecule has 1 heterocycles. The molecule has 0 spiro atoms. The number of guanidine groups is 1. The van der Waals surface area contributed by atoms with Crippen molar-refractivity contribution in [2.45, 2.75) is 0 Å². The summed E-state index contributed by atoms with van der Waals surface area (Å²) in [6.45, 7) is 1.71. The van der Waals surface area contributed by atoms with Crippen molar-refractivity contribution in [3.8, 4) is 5.75 Å². The maximum absolute atomic E-state index is 9.29. The van der Waals surface area contributed by atoms with Gasteiger partial charge in [0.1, 0.15) is 11.4 Å². The summed E-state index contributed by atoms with van der Waals surface area (Å²) in [6, 6.07) is 3.01.